The van der Waals surface area contributed by atoms with E-state index in [2.05, 4.69) is 161 Å². The fourth-order valence-corrected chi connectivity index (χ4v) is 8.78. The van der Waals surface area contributed by atoms with Gasteiger partial charge in [0, 0.05) is 60.9 Å². The molecule has 0 saturated heterocycles. The zero-order valence-electron chi connectivity index (χ0n) is 30.0. The van der Waals surface area contributed by atoms with Gasteiger partial charge in [0.15, 0.2) is 0 Å². The van der Waals surface area contributed by atoms with Crippen molar-refractivity contribution in [2.75, 3.05) is 0 Å². The second-order valence-corrected chi connectivity index (χ2v) is 14.3. The number of hydrogen-bond acceptors (Lipinski definition) is 3. The van der Waals surface area contributed by atoms with Crippen LogP contribution in [0.4, 0.5) is 0 Å². The van der Waals surface area contributed by atoms with Crippen molar-refractivity contribution in [3.05, 3.63) is 188 Å². The molecule has 56 heavy (non-hydrogen) atoms. The highest BCUT2D eigenvalue weighted by Gasteiger charge is 2.24. The molecular weight excluding hydrogens is 687 g/mol. The van der Waals surface area contributed by atoms with Gasteiger partial charge in [-0.25, -0.2) is 4.68 Å². The summed E-state index contributed by atoms with van der Waals surface area (Å²) in [6.45, 7) is 0. The van der Waals surface area contributed by atoms with Crippen molar-refractivity contribution in [1.29, 1.82) is 0 Å². The third kappa shape index (κ3) is 4.44. The average molecular weight is 718 g/mol. The van der Waals surface area contributed by atoms with Crippen LogP contribution in [0.15, 0.2) is 192 Å². The summed E-state index contributed by atoms with van der Waals surface area (Å²) in [5.41, 5.74) is 13.1. The van der Waals surface area contributed by atoms with Gasteiger partial charge in [-0.15, -0.1) is 5.10 Å². The Morgan fingerprint density at radius 1 is 0.393 bits per heavy atom. The third-order valence-electron chi connectivity index (χ3n) is 11.2. The van der Waals surface area contributed by atoms with Gasteiger partial charge in [0.25, 0.3) is 0 Å². The minimum absolute atomic E-state index is 0.828. The van der Waals surface area contributed by atoms with Crippen molar-refractivity contribution in [1.82, 2.24) is 24.1 Å². The zero-order valence-corrected chi connectivity index (χ0v) is 30.0. The number of furan rings is 1. The van der Waals surface area contributed by atoms with Gasteiger partial charge >= 0.3 is 0 Å². The highest BCUT2D eigenvalue weighted by atomic mass is 16.3. The number of rotatable bonds is 5. The van der Waals surface area contributed by atoms with E-state index in [1.807, 2.05) is 41.1 Å². The van der Waals surface area contributed by atoms with E-state index in [-0.39, 0.29) is 0 Å². The van der Waals surface area contributed by atoms with Crippen LogP contribution in [-0.2, 0) is 0 Å². The Bertz CT molecular complexity index is 3420. The molecule has 0 aliphatic heterocycles. The first kappa shape index (κ1) is 30.7. The molecule has 0 atom stereocenters. The molecule has 6 heteroatoms. The fourth-order valence-electron chi connectivity index (χ4n) is 8.78. The second kappa shape index (κ2) is 11.9. The van der Waals surface area contributed by atoms with Crippen molar-refractivity contribution in [2.24, 2.45) is 0 Å². The number of aromatic nitrogens is 5. The van der Waals surface area contributed by atoms with Crippen LogP contribution in [0.25, 0.3) is 105 Å². The predicted molar refractivity (Wildman–Crippen MR) is 228 cm³/mol. The Labute approximate surface area is 320 Å². The molecule has 12 rings (SSSR count). The van der Waals surface area contributed by atoms with Crippen LogP contribution < -0.4 is 0 Å². The highest BCUT2D eigenvalue weighted by Crippen LogP contribution is 2.43. The summed E-state index contributed by atoms with van der Waals surface area (Å²) in [6, 6.07) is 66.2. The van der Waals surface area contributed by atoms with Crippen LogP contribution >= 0.6 is 0 Å². The molecule has 0 unspecified atom stereocenters. The summed E-state index contributed by atoms with van der Waals surface area (Å²) < 4.78 is 13.2. The summed E-state index contributed by atoms with van der Waals surface area (Å²) in [4.78, 5) is 0. The molecule has 0 bridgehead atoms. The first-order chi connectivity index (χ1) is 27.8. The van der Waals surface area contributed by atoms with E-state index in [9.17, 15) is 0 Å². The van der Waals surface area contributed by atoms with Crippen LogP contribution in [0.2, 0.25) is 0 Å². The maximum Gasteiger partial charge on any atom is 0.137 e. The first-order valence-electron chi connectivity index (χ1n) is 18.8. The Morgan fingerprint density at radius 2 is 1.00 bits per heavy atom. The van der Waals surface area contributed by atoms with Crippen LogP contribution in [0.5, 0.6) is 0 Å². The largest absolute Gasteiger partial charge is 0.456 e. The van der Waals surface area contributed by atoms with Crippen LogP contribution in [-0.4, -0.2) is 24.1 Å². The molecule has 12 aromatic rings. The van der Waals surface area contributed by atoms with Crippen molar-refractivity contribution in [3.63, 3.8) is 0 Å². The standard InChI is InChI=1S/C50H31N5O/c1-3-15-32(16-4-1)48-50(55(52-51-48)33-17-5-2-6-18-33)40-25-14-24-39-36-21-7-11-27-44(36)54(49(39)40)35-20-13-19-34(29-35)53-43-26-10-8-22-37(43)41-30-42-38-23-9-12-28-46(38)56-47(42)31-45(41)53/h1-31H. The summed E-state index contributed by atoms with van der Waals surface area (Å²) in [6.07, 6.45) is 0. The molecule has 0 amide bonds. The van der Waals surface area contributed by atoms with E-state index in [1.165, 1.54) is 16.2 Å². The first-order valence-corrected chi connectivity index (χ1v) is 18.8. The molecule has 0 aliphatic carbocycles. The maximum absolute atomic E-state index is 6.43. The number of nitrogens with zero attached hydrogens (tertiary/aromatic N) is 5. The monoisotopic (exact) mass is 717 g/mol. The lowest BCUT2D eigenvalue weighted by atomic mass is 10.0. The summed E-state index contributed by atoms with van der Waals surface area (Å²) >= 11 is 0. The van der Waals surface area contributed by atoms with Gasteiger partial charge in [-0.1, -0.05) is 133 Å². The number of fused-ring (bicyclic) bond motifs is 9. The molecule has 0 aliphatic rings. The maximum atomic E-state index is 6.43. The Balaban J connectivity index is 1.14. The van der Waals surface area contributed by atoms with E-state index < -0.39 is 0 Å². The van der Waals surface area contributed by atoms with E-state index in [4.69, 9.17) is 14.7 Å². The smallest absolute Gasteiger partial charge is 0.137 e. The Kier molecular flexibility index (Phi) is 6.53. The van der Waals surface area contributed by atoms with Crippen LogP contribution in [0.3, 0.4) is 0 Å². The molecule has 6 nitrogen and oxygen atoms in total. The lowest BCUT2D eigenvalue weighted by molar-refractivity contribution is 0.669. The number of benzene rings is 8. The van der Waals surface area contributed by atoms with Gasteiger partial charge in [-0.3, -0.25) is 0 Å². The van der Waals surface area contributed by atoms with E-state index in [0.717, 1.165) is 89.0 Å². The van der Waals surface area contributed by atoms with Crippen molar-refractivity contribution >= 4 is 65.6 Å². The normalized spacial score (nSPS) is 11.9. The molecular formula is C50H31N5O. The molecule has 0 radical (unpaired) electrons. The fraction of sp³-hybridized carbons (Fsp3) is 0. The molecule has 0 N–H and O–H groups in total. The minimum Gasteiger partial charge on any atom is -0.456 e. The van der Waals surface area contributed by atoms with Gasteiger partial charge in [-0.2, -0.15) is 0 Å². The van der Waals surface area contributed by atoms with Gasteiger partial charge in [0.2, 0.25) is 0 Å². The average Bonchev–Trinajstić information content (AvgIpc) is 4.03. The molecule has 4 aromatic heterocycles. The summed E-state index contributed by atoms with van der Waals surface area (Å²) in [5.74, 6) is 0. The lowest BCUT2D eigenvalue weighted by Gasteiger charge is -2.15. The van der Waals surface area contributed by atoms with E-state index >= 15 is 0 Å². The molecule has 0 spiro atoms. The third-order valence-corrected chi connectivity index (χ3v) is 11.2. The Morgan fingerprint density at radius 3 is 1.80 bits per heavy atom. The van der Waals surface area contributed by atoms with Gasteiger partial charge in [0.1, 0.15) is 22.6 Å². The topological polar surface area (TPSA) is 53.7 Å². The van der Waals surface area contributed by atoms with Gasteiger partial charge in [0.05, 0.1) is 27.8 Å². The predicted octanol–water partition coefficient (Wildman–Crippen LogP) is 12.7. The van der Waals surface area contributed by atoms with Crippen molar-refractivity contribution < 1.29 is 4.42 Å². The lowest BCUT2D eigenvalue weighted by Crippen LogP contribution is -2.02. The van der Waals surface area contributed by atoms with Crippen LogP contribution in [0, 0.1) is 0 Å². The number of hydrogen-bond donors (Lipinski definition) is 0. The van der Waals surface area contributed by atoms with Crippen molar-refractivity contribution in [2.45, 2.75) is 0 Å². The SMILES string of the molecule is c1ccc(-c2nnn(-c3ccccc3)c2-c2cccc3c4ccccc4n(-c4cccc(-n5c6ccccc6c6cc7c(cc65)oc5ccccc57)c4)c23)cc1. The van der Waals surface area contributed by atoms with E-state index in [0.29, 0.717) is 0 Å². The highest BCUT2D eigenvalue weighted by molar-refractivity contribution is 6.18. The summed E-state index contributed by atoms with van der Waals surface area (Å²) in [5, 5.41) is 16.6. The zero-order chi connectivity index (χ0) is 36.7. The number of para-hydroxylation sites is 5. The van der Waals surface area contributed by atoms with Gasteiger partial charge < -0.3 is 13.6 Å². The Hall–Kier alpha value is -7.70. The molecule has 0 saturated carbocycles. The molecule has 8 aromatic carbocycles. The quantitative estimate of drug-likeness (QED) is 0.178. The summed E-state index contributed by atoms with van der Waals surface area (Å²) in [7, 11) is 0. The van der Waals surface area contributed by atoms with Crippen molar-refractivity contribution in [3.8, 4) is 39.6 Å². The van der Waals surface area contributed by atoms with Gasteiger partial charge in [-0.05, 0) is 54.6 Å². The second-order valence-electron chi connectivity index (χ2n) is 14.3. The van der Waals surface area contributed by atoms with Crippen LogP contribution in [0.1, 0.15) is 0 Å². The minimum atomic E-state index is 0.828. The molecule has 0 fully saturated rings. The molecule has 4 heterocycles. The van der Waals surface area contributed by atoms with E-state index in [1.54, 1.807) is 0 Å². The molecule has 262 valence electrons.